The number of carbonyl (C=O) groups excluding carboxylic acids is 1. The minimum Gasteiger partial charge on any atom is -0.351 e. The molecule has 1 fully saturated rings. The van der Waals surface area contributed by atoms with Gasteiger partial charge in [0.2, 0.25) is 5.91 Å². The van der Waals surface area contributed by atoms with Gasteiger partial charge in [0, 0.05) is 21.9 Å². The molecular weight excluding hydrogens is 340 g/mol. The molecule has 0 saturated heterocycles. The number of rotatable bonds is 3. The number of aryl methyl sites for hydroxylation is 1. The number of fused-ring (bicyclic) bond motifs is 2. The number of nitrogens with one attached hydrogen (secondary N) is 1. The van der Waals surface area contributed by atoms with Crippen LogP contribution < -0.4 is 5.32 Å². The Bertz CT molecular complexity index is 783. The topological polar surface area (TPSA) is 42.0 Å². The quantitative estimate of drug-likeness (QED) is 0.773. The smallest absolute Gasteiger partial charge is 0.223 e. The first-order valence-electron chi connectivity index (χ1n) is 10.1. The van der Waals surface area contributed by atoms with Gasteiger partial charge in [0.15, 0.2) is 0 Å². The first-order valence-corrected chi connectivity index (χ1v) is 10.9. The van der Waals surface area contributed by atoms with Crippen molar-refractivity contribution in [3.05, 3.63) is 28.3 Å². The molecule has 0 bridgehead atoms. The Balaban J connectivity index is 0.000000948. The van der Waals surface area contributed by atoms with E-state index < -0.39 is 0 Å². The van der Waals surface area contributed by atoms with Crippen LogP contribution in [0.15, 0.2) is 12.1 Å². The molecule has 1 atom stereocenters. The monoisotopic (exact) mass is 372 g/mol. The van der Waals surface area contributed by atoms with Gasteiger partial charge in [-0.3, -0.25) is 4.79 Å². The Kier molecular flexibility index (Phi) is 5.71. The standard InChI is InChI=1S/C20H26N2OS.C2H6/c1-20(2,3)15-6-7-17-13(9-15)8-14-10-16(24-19(14)22-17)11-21-18(23)12-4-5-12;1-2/h8,10,12,15H,4-7,9,11H2,1-3H3,(H,21,23);1-2H3. The predicted octanol–water partition coefficient (Wildman–Crippen LogP) is 5.50. The molecule has 0 spiro atoms. The summed E-state index contributed by atoms with van der Waals surface area (Å²) in [5.41, 5.74) is 3.08. The van der Waals surface area contributed by atoms with E-state index in [0.717, 1.165) is 36.4 Å². The maximum absolute atomic E-state index is 11.8. The minimum absolute atomic E-state index is 0.215. The number of hydrogen-bond donors (Lipinski definition) is 1. The molecule has 2 heterocycles. The van der Waals surface area contributed by atoms with E-state index in [1.54, 1.807) is 11.3 Å². The van der Waals surface area contributed by atoms with Gasteiger partial charge < -0.3 is 5.32 Å². The highest BCUT2D eigenvalue weighted by Crippen LogP contribution is 2.38. The summed E-state index contributed by atoms with van der Waals surface area (Å²) in [6, 6.07) is 4.55. The average molecular weight is 373 g/mol. The van der Waals surface area contributed by atoms with Crippen molar-refractivity contribution >= 4 is 27.5 Å². The lowest BCUT2D eigenvalue weighted by Crippen LogP contribution is -2.27. The number of amides is 1. The summed E-state index contributed by atoms with van der Waals surface area (Å²) in [6.45, 7) is 11.7. The lowest BCUT2D eigenvalue weighted by molar-refractivity contribution is -0.122. The Morgan fingerprint density at radius 3 is 2.62 bits per heavy atom. The molecule has 4 rings (SSSR count). The van der Waals surface area contributed by atoms with Crippen molar-refractivity contribution in [2.75, 3.05) is 0 Å². The zero-order valence-electron chi connectivity index (χ0n) is 16.8. The molecule has 2 aliphatic rings. The molecule has 4 heteroatoms. The van der Waals surface area contributed by atoms with E-state index in [9.17, 15) is 4.79 Å². The van der Waals surface area contributed by atoms with Crippen LogP contribution in [-0.2, 0) is 24.2 Å². The van der Waals surface area contributed by atoms with Crippen LogP contribution in [0.1, 0.15) is 70.0 Å². The van der Waals surface area contributed by atoms with Crippen molar-refractivity contribution < 1.29 is 4.79 Å². The van der Waals surface area contributed by atoms with Crippen molar-refractivity contribution in [2.24, 2.45) is 17.3 Å². The summed E-state index contributed by atoms with van der Waals surface area (Å²) in [5.74, 6) is 1.23. The number of pyridine rings is 1. The summed E-state index contributed by atoms with van der Waals surface area (Å²) >= 11 is 1.72. The van der Waals surface area contributed by atoms with Crippen LogP contribution in [-0.4, -0.2) is 10.9 Å². The highest BCUT2D eigenvalue weighted by Gasteiger charge is 2.30. The fourth-order valence-electron chi connectivity index (χ4n) is 3.67. The van der Waals surface area contributed by atoms with Gasteiger partial charge >= 0.3 is 0 Å². The third-order valence-electron chi connectivity index (χ3n) is 5.53. The van der Waals surface area contributed by atoms with E-state index in [1.807, 2.05) is 13.8 Å². The molecule has 0 aromatic carbocycles. The Hall–Kier alpha value is -1.42. The second-order valence-electron chi connectivity index (χ2n) is 8.50. The Labute approximate surface area is 161 Å². The molecule has 26 heavy (non-hydrogen) atoms. The van der Waals surface area contributed by atoms with Crippen molar-refractivity contribution in [3.63, 3.8) is 0 Å². The highest BCUT2D eigenvalue weighted by molar-refractivity contribution is 7.18. The van der Waals surface area contributed by atoms with E-state index in [2.05, 4.69) is 38.2 Å². The molecule has 1 saturated carbocycles. The third-order valence-corrected chi connectivity index (χ3v) is 6.58. The van der Waals surface area contributed by atoms with E-state index >= 15 is 0 Å². The van der Waals surface area contributed by atoms with Crippen LogP contribution in [0.3, 0.4) is 0 Å². The minimum atomic E-state index is 0.215. The van der Waals surface area contributed by atoms with Crippen LogP contribution in [0.5, 0.6) is 0 Å². The number of hydrogen-bond acceptors (Lipinski definition) is 3. The second-order valence-corrected chi connectivity index (χ2v) is 9.61. The Morgan fingerprint density at radius 2 is 1.96 bits per heavy atom. The maximum atomic E-state index is 11.8. The molecule has 1 amide bonds. The van der Waals surface area contributed by atoms with Crippen LogP contribution in [0.25, 0.3) is 10.2 Å². The maximum Gasteiger partial charge on any atom is 0.223 e. The fraction of sp³-hybridized carbons (Fsp3) is 0.636. The van der Waals surface area contributed by atoms with Gasteiger partial charge in [-0.1, -0.05) is 34.6 Å². The molecule has 1 unspecified atom stereocenters. The van der Waals surface area contributed by atoms with Gasteiger partial charge in [-0.05, 0) is 61.1 Å². The molecule has 0 radical (unpaired) electrons. The zero-order valence-corrected chi connectivity index (χ0v) is 17.6. The van der Waals surface area contributed by atoms with Gasteiger partial charge in [0.25, 0.3) is 0 Å². The van der Waals surface area contributed by atoms with Crippen molar-refractivity contribution in [1.29, 1.82) is 0 Å². The SMILES string of the molecule is CC.CC(C)(C)C1CCc2nc3sc(CNC(=O)C4CC4)cc3cc2C1. The average Bonchev–Trinajstić information content (AvgIpc) is 3.39. The summed E-state index contributed by atoms with van der Waals surface area (Å²) < 4.78 is 0. The van der Waals surface area contributed by atoms with Crippen molar-refractivity contribution in [1.82, 2.24) is 10.3 Å². The van der Waals surface area contributed by atoms with E-state index in [1.165, 1.54) is 27.9 Å². The first-order chi connectivity index (χ1) is 12.4. The molecule has 142 valence electrons. The summed E-state index contributed by atoms with van der Waals surface area (Å²) in [7, 11) is 0. The van der Waals surface area contributed by atoms with Gasteiger partial charge in [-0.15, -0.1) is 11.3 Å². The van der Waals surface area contributed by atoms with E-state index in [-0.39, 0.29) is 11.8 Å². The van der Waals surface area contributed by atoms with E-state index in [4.69, 9.17) is 4.98 Å². The van der Waals surface area contributed by atoms with Crippen LogP contribution >= 0.6 is 11.3 Å². The van der Waals surface area contributed by atoms with Crippen molar-refractivity contribution in [3.8, 4) is 0 Å². The molecular formula is C22H32N2OS. The fourth-order valence-corrected chi connectivity index (χ4v) is 4.64. The molecule has 2 aromatic heterocycles. The van der Waals surface area contributed by atoms with Crippen molar-refractivity contribution in [2.45, 2.75) is 73.3 Å². The predicted molar refractivity (Wildman–Crippen MR) is 111 cm³/mol. The molecule has 3 nitrogen and oxygen atoms in total. The first kappa shape index (κ1) is 19.3. The largest absolute Gasteiger partial charge is 0.351 e. The number of nitrogens with zero attached hydrogens (tertiary/aromatic N) is 1. The molecule has 0 aliphatic heterocycles. The lowest BCUT2D eigenvalue weighted by Gasteiger charge is -2.34. The number of thiophene rings is 1. The van der Waals surface area contributed by atoms with Crippen LogP contribution in [0, 0.1) is 17.3 Å². The normalized spacial score (nSPS) is 19.5. The van der Waals surface area contributed by atoms with Gasteiger partial charge in [0.1, 0.15) is 4.83 Å². The molecule has 2 aromatic rings. The Morgan fingerprint density at radius 1 is 1.23 bits per heavy atom. The lowest BCUT2D eigenvalue weighted by atomic mass is 9.71. The third kappa shape index (κ3) is 4.28. The van der Waals surface area contributed by atoms with Gasteiger partial charge in [-0.25, -0.2) is 4.98 Å². The number of carbonyl (C=O) groups is 1. The van der Waals surface area contributed by atoms with Crippen LogP contribution in [0.4, 0.5) is 0 Å². The van der Waals surface area contributed by atoms with Gasteiger partial charge in [0.05, 0.1) is 6.54 Å². The summed E-state index contributed by atoms with van der Waals surface area (Å²) in [4.78, 5) is 19.1. The zero-order chi connectivity index (χ0) is 18.9. The van der Waals surface area contributed by atoms with Gasteiger partial charge in [-0.2, -0.15) is 0 Å². The van der Waals surface area contributed by atoms with Crippen LogP contribution in [0.2, 0.25) is 0 Å². The van der Waals surface area contributed by atoms with E-state index in [0.29, 0.717) is 12.0 Å². The highest BCUT2D eigenvalue weighted by atomic mass is 32.1. The summed E-state index contributed by atoms with van der Waals surface area (Å²) in [5, 5.41) is 4.30. The molecule has 2 aliphatic carbocycles. The number of aromatic nitrogens is 1. The second kappa shape index (κ2) is 7.67. The molecule has 1 N–H and O–H groups in total. The summed E-state index contributed by atoms with van der Waals surface area (Å²) in [6.07, 6.45) is 5.60.